The Morgan fingerprint density at radius 2 is 2.24 bits per heavy atom. The third-order valence-electron chi connectivity index (χ3n) is 2.39. The van der Waals surface area contributed by atoms with Gasteiger partial charge in [-0.3, -0.25) is 14.3 Å². The van der Waals surface area contributed by atoms with Crippen LogP contribution < -0.4 is 5.56 Å². The molecule has 2 rings (SSSR count). The van der Waals surface area contributed by atoms with E-state index in [2.05, 4.69) is 9.97 Å². The van der Waals surface area contributed by atoms with Gasteiger partial charge in [0, 0.05) is 18.6 Å². The lowest BCUT2D eigenvalue weighted by Crippen LogP contribution is -2.26. The summed E-state index contributed by atoms with van der Waals surface area (Å²) in [6, 6.07) is 1.80. The lowest BCUT2D eigenvalue weighted by atomic mass is 10.2. The van der Waals surface area contributed by atoms with Gasteiger partial charge in [0.2, 0.25) is 0 Å². The van der Waals surface area contributed by atoms with Crippen LogP contribution in [-0.2, 0) is 6.54 Å². The first-order valence-electron chi connectivity index (χ1n) is 4.90. The average Bonchev–Trinajstić information content (AvgIpc) is 2.32. The maximum absolute atomic E-state index is 12.0. The molecule has 88 valence electrons. The maximum atomic E-state index is 12.0. The molecule has 0 amide bonds. The molecule has 0 atom stereocenters. The molecule has 0 N–H and O–H groups in total. The van der Waals surface area contributed by atoms with Gasteiger partial charge in [-0.15, -0.1) is 0 Å². The highest BCUT2D eigenvalue weighted by molar-refractivity contribution is 14.1. The van der Waals surface area contributed by atoms with Crippen molar-refractivity contribution >= 4 is 34.2 Å². The van der Waals surface area contributed by atoms with E-state index in [0.717, 1.165) is 5.56 Å². The molecule has 0 saturated carbocycles. The normalized spacial score (nSPS) is 10.5. The zero-order valence-corrected chi connectivity index (χ0v) is 11.9. The van der Waals surface area contributed by atoms with E-state index in [-0.39, 0.29) is 5.56 Å². The van der Waals surface area contributed by atoms with Crippen molar-refractivity contribution in [3.05, 3.63) is 55.0 Å². The van der Waals surface area contributed by atoms with Crippen LogP contribution in [0, 0.1) is 10.5 Å². The van der Waals surface area contributed by atoms with Crippen LogP contribution in [0.4, 0.5) is 0 Å². The van der Waals surface area contributed by atoms with E-state index in [1.807, 2.05) is 22.6 Å². The highest BCUT2D eigenvalue weighted by Crippen LogP contribution is 2.14. The van der Waals surface area contributed by atoms with Crippen molar-refractivity contribution in [2.75, 3.05) is 0 Å². The van der Waals surface area contributed by atoms with Gasteiger partial charge >= 0.3 is 0 Å². The van der Waals surface area contributed by atoms with Gasteiger partial charge < -0.3 is 0 Å². The van der Waals surface area contributed by atoms with Crippen molar-refractivity contribution in [2.45, 2.75) is 13.5 Å². The summed E-state index contributed by atoms with van der Waals surface area (Å²) in [6.45, 7) is 2.21. The van der Waals surface area contributed by atoms with Gasteiger partial charge in [0.15, 0.2) is 0 Å². The highest BCUT2D eigenvalue weighted by atomic mass is 127. The summed E-state index contributed by atoms with van der Waals surface area (Å²) in [4.78, 5) is 20.0. The molecule has 2 aromatic rings. The Balaban J connectivity index is 2.47. The monoisotopic (exact) mass is 361 g/mol. The largest absolute Gasteiger partial charge is 0.291 e. The molecule has 0 aliphatic carbocycles. The van der Waals surface area contributed by atoms with Gasteiger partial charge in [0.1, 0.15) is 5.82 Å². The number of pyridine rings is 1. The molecule has 0 aromatic carbocycles. The first-order valence-corrected chi connectivity index (χ1v) is 6.35. The van der Waals surface area contributed by atoms with E-state index >= 15 is 0 Å². The molecule has 2 aromatic heterocycles. The Hall–Kier alpha value is -0.950. The number of hydrogen-bond donors (Lipinski definition) is 0. The van der Waals surface area contributed by atoms with Gasteiger partial charge in [-0.05, 0) is 41.1 Å². The predicted molar refractivity (Wildman–Crippen MR) is 74.3 cm³/mol. The maximum Gasteiger partial charge on any atom is 0.267 e. The molecule has 0 spiro atoms. The molecular weight excluding hydrogens is 352 g/mol. The molecule has 0 radical (unpaired) electrons. The minimum absolute atomic E-state index is 0.0500. The summed E-state index contributed by atoms with van der Waals surface area (Å²) < 4.78 is 2.20. The third kappa shape index (κ3) is 2.66. The minimum atomic E-state index is -0.0500. The van der Waals surface area contributed by atoms with Crippen molar-refractivity contribution < 1.29 is 0 Å². The summed E-state index contributed by atoms with van der Waals surface area (Å²) in [5.41, 5.74) is 0.807. The van der Waals surface area contributed by atoms with E-state index in [1.165, 1.54) is 0 Å². The second-order valence-corrected chi connectivity index (χ2v) is 5.08. The van der Waals surface area contributed by atoms with Gasteiger partial charge in [-0.1, -0.05) is 11.6 Å². The number of aromatic nitrogens is 3. The topological polar surface area (TPSA) is 47.8 Å². The molecule has 0 fully saturated rings. The number of nitrogens with zero attached hydrogens (tertiary/aromatic N) is 3. The molecule has 0 saturated heterocycles. The second-order valence-electron chi connectivity index (χ2n) is 3.51. The Kier molecular flexibility index (Phi) is 3.78. The first-order chi connectivity index (χ1) is 8.09. The van der Waals surface area contributed by atoms with Gasteiger partial charge in [0.25, 0.3) is 5.56 Å². The molecule has 6 heteroatoms. The summed E-state index contributed by atoms with van der Waals surface area (Å²) in [5.74, 6) is 0.670. The fourth-order valence-electron chi connectivity index (χ4n) is 1.44. The van der Waals surface area contributed by atoms with Crippen LogP contribution in [0.5, 0.6) is 0 Å². The zero-order chi connectivity index (χ0) is 12.4. The molecule has 2 heterocycles. The molecule has 17 heavy (non-hydrogen) atoms. The standard InChI is InChI=1S/C11H9ClIN3O/c1-7-15-5-10(13)11(17)16(7)6-8-2-3-14-4-9(8)12/h2-5H,6H2,1H3. The van der Waals surface area contributed by atoms with Crippen LogP contribution in [-0.4, -0.2) is 14.5 Å². The van der Waals surface area contributed by atoms with E-state index < -0.39 is 0 Å². The van der Waals surface area contributed by atoms with Crippen LogP contribution >= 0.6 is 34.2 Å². The van der Waals surface area contributed by atoms with Crippen LogP contribution in [0.15, 0.2) is 29.5 Å². The molecule has 0 unspecified atom stereocenters. The van der Waals surface area contributed by atoms with E-state index in [9.17, 15) is 4.79 Å². The average molecular weight is 362 g/mol. The molecule has 0 bridgehead atoms. The number of aryl methyl sites for hydroxylation is 1. The Bertz CT molecular complexity index is 612. The summed E-state index contributed by atoms with van der Waals surface area (Å²) in [7, 11) is 0. The van der Waals surface area contributed by atoms with Gasteiger partial charge in [-0.25, -0.2) is 4.98 Å². The Morgan fingerprint density at radius 3 is 2.94 bits per heavy atom. The van der Waals surface area contributed by atoms with Crippen LogP contribution in [0.3, 0.4) is 0 Å². The van der Waals surface area contributed by atoms with E-state index in [4.69, 9.17) is 11.6 Å². The van der Waals surface area contributed by atoms with Crippen molar-refractivity contribution in [2.24, 2.45) is 0 Å². The first kappa shape index (κ1) is 12.5. The highest BCUT2D eigenvalue weighted by Gasteiger charge is 2.08. The molecule has 4 nitrogen and oxygen atoms in total. The van der Waals surface area contributed by atoms with Crippen molar-refractivity contribution in [3.8, 4) is 0 Å². The summed E-state index contributed by atoms with van der Waals surface area (Å²) >= 11 is 8.00. The molecular formula is C11H9ClIN3O. The Morgan fingerprint density at radius 1 is 1.47 bits per heavy atom. The second kappa shape index (κ2) is 5.14. The summed E-state index contributed by atoms with van der Waals surface area (Å²) in [5, 5.41) is 0.553. The van der Waals surface area contributed by atoms with Crippen LogP contribution in [0.25, 0.3) is 0 Å². The van der Waals surface area contributed by atoms with E-state index in [1.54, 1.807) is 36.1 Å². The predicted octanol–water partition coefficient (Wildman–Crippen LogP) is 2.25. The fourth-order valence-corrected chi connectivity index (χ4v) is 2.05. The number of rotatable bonds is 2. The van der Waals surface area contributed by atoms with Crippen molar-refractivity contribution in [1.82, 2.24) is 14.5 Å². The SMILES string of the molecule is Cc1ncc(I)c(=O)n1Cc1ccncc1Cl. The summed E-state index contributed by atoms with van der Waals surface area (Å²) in [6.07, 6.45) is 4.80. The quantitative estimate of drug-likeness (QED) is 0.771. The lowest BCUT2D eigenvalue weighted by molar-refractivity contribution is 0.694. The Labute approximate surface area is 117 Å². The van der Waals surface area contributed by atoms with Gasteiger partial charge in [0.05, 0.1) is 15.1 Å². The molecule has 0 aliphatic heterocycles. The lowest BCUT2D eigenvalue weighted by Gasteiger charge is -2.10. The van der Waals surface area contributed by atoms with E-state index in [0.29, 0.717) is 21.0 Å². The molecule has 0 aliphatic rings. The third-order valence-corrected chi connectivity index (χ3v) is 3.47. The van der Waals surface area contributed by atoms with Crippen molar-refractivity contribution in [1.29, 1.82) is 0 Å². The minimum Gasteiger partial charge on any atom is -0.291 e. The van der Waals surface area contributed by atoms with Gasteiger partial charge in [-0.2, -0.15) is 0 Å². The number of halogens is 2. The zero-order valence-electron chi connectivity index (χ0n) is 9.02. The van der Waals surface area contributed by atoms with Crippen LogP contribution in [0.1, 0.15) is 11.4 Å². The fraction of sp³-hybridized carbons (Fsp3) is 0.182. The number of hydrogen-bond acceptors (Lipinski definition) is 3. The van der Waals surface area contributed by atoms with Crippen molar-refractivity contribution in [3.63, 3.8) is 0 Å². The van der Waals surface area contributed by atoms with Crippen LogP contribution in [0.2, 0.25) is 5.02 Å². The smallest absolute Gasteiger partial charge is 0.267 e.